The second-order valence-corrected chi connectivity index (χ2v) is 6.32. The Balaban J connectivity index is 1.58. The van der Waals surface area contributed by atoms with E-state index in [1.165, 1.54) is 11.1 Å². The molecule has 0 amide bonds. The molecule has 1 aromatic carbocycles. The molecule has 0 spiro atoms. The molecule has 3 aromatic rings. The molecule has 0 unspecified atom stereocenters. The lowest BCUT2D eigenvalue weighted by molar-refractivity contribution is 0.502. The van der Waals surface area contributed by atoms with Gasteiger partial charge in [0, 0.05) is 17.8 Å². The maximum absolute atomic E-state index is 5.33. The van der Waals surface area contributed by atoms with Crippen LogP contribution in [0.1, 0.15) is 28.3 Å². The van der Waals surface area contributed by atoms with Gasteiger partial charge in [0.2, 0.25) is 0 Å². The van der Waals surface area contributed by atoms with Crippen LogP contribution in [0.4, 0.5) is 0 Å². The highest BCUT2D eigenvalue weighted by molar-refractivity contribution is 7.80. The quantitative estimate of drug-likeness (QED) is 0.665. The highest BCUT2D eigenvalue weighted by Crippen LogP contribution is 2.14. The van der Waals surface area contributed by atoms with Crippen LogP contribution in [-0.4, -0.2) is 14.9 Å². The lowest BCUT2D eigenvalue weighted by atomic mass is 10.2. The highest BCUT2D eigenvalue weighted by atomic mass is 32.1. The number of benzene rings is 1. The van der Waals surface area contributed by atoms with Gasteiger partial charge in [-0.05, 0) is 43.8 Å². The standard InChI is InChI=1S/C19H22N4OS/c1-14-18(12-21-19(25)20-11-17-9-6-10-24-17)15(2)23(22-14)13-16-7-4-3-5-8-16/h3-10H,11-13H2,1-2H3,(H2,20,21,25). The molecule has 0 radical (unpaired) electrons. The summed E-state index contributed by atoms with van der Waals surface area (Å²) in [5, 5.41) is 11.7. The third-order valence-electron chi connectivity index (χ3n) is 4.14. The van der Waals surface area contributed by atoms with Crippen molar-refractivity contribution in [1.82, 2.24) is 20.4 Å². The van der Waals surface area contributed by atoms with Gasteiger partial charge in [-0.15, -0.1) is 0 Å². The number of aryl methyl sites for hydroxylation is 1. The monoisotopic (exact) mass is 354 g/mol. The first-order chi connectivity index (χ1) is 12.1. The van der Waals surface area contributed by atoms with Crippen molar-refractivity contribution in [1.29, 1.82) is 0 Å². The second kappa shape index (κ2) is 7.98. The second-order valence-electron chi connectivity index (χ2n) is 5.91. The van der Waals surface area contributed by atoms with Crippen LogP contribution < -0.4 is 10.6 Å². The van der Waals surface area contributed by atoms with Gasteiger partial charge in [0.05, 0.1) is 25.0 Å². The molecule has 0 bridgehead atoms. The van der Waals surface area contributed by atoms with Crippen molar-refractivity contribution in [3.8, 4) is 0 Å². The molecule has 0 atom stereocenters. The minimum atomic E-state index is 0.573. The minimum absolute atomic E-state index is 0.573. The van der Waals surface area contributed by atoms with Gasteiger partial charge in [-0.1, -0.05) is 30.3 Å². The number of thiocarbonyl (C=S) groups is 1. The number of hydrogen-bond donors (Lipinski definition) is 2. The summed E-state index contributed by atoms with van der Waals surface area (Å²) < 4.78 is 7.32. The number of rotatable bonds is 6. The maximum atomic E-state index is 5.33. The molecule has 6 heteroatoms. The molecule has 5 nitrogen and oxygen atoms in total. The van der Waals surface area contributed by atoms with Gasteiger partial charge in [-0.2, -0.15) is 5.10 Å². The molecular weight excluding hydrogens is 332 g/mol. The SMILES string of the molecule is Cc1nn(Cc2ccccc2)c(C)c1CNC(=S)NCc1ccco1. The Morgan fingerprint density at radius 3 is 2.56 bits per heavy atom. The summed E-state index contributed by atoms with van der Waals surface area (Å²) in [5.41, 5.74) is 4.60. The number of nitrogens with zero attached hydrogens (tertiary/aromatic N) is 2. The largest absolute Gasteiger partial charge is 0.467 e. The smallest absolute Gasteiger partial charge is 0.166 e. The third-order valence-corrected chi connectivity index (χ3v) is 4.42. The zero-order chi connectivity index (χ0) is 17.6. The predicted molar refractivity (Wildman–Crippen MR) is 102 cm³/mol. The summed E-state index contributed by atoms with van der Waals surface area (Å²) in [6, 6.07) is 14.1. The Labute approximate surface area is 153 Å². The van der Waals surface area contributed by atoms with Gasteiger partial charge in [-0.3, -0.25) is 4.68 Å². The average molecular weight is 354 g/mol. The summed E-state index contributed by atoms with van der Waals surface area (Å²) >= 11 is 5.33. The average Bonchev–Trinajstić information content (AvgIpc) is 3.22. The summed E-state index contributed by atoms with van der Waals surface area (Å²) in [6.45, 7) is 6.12. The zero-order valence-electron chi connectivity index (χ0n) is 14.5. The van der Waals surface area contributed by atoms with E-state index in [1.807, 2.05) is 41.9 Å². The number of aromatic nitrogens is 2. The van der Waals surface area contributed by atoms with E-state index in [9.17, 15) is 0 Å². The van der Waals surface area contributed by atoms with Crippen molar-refractivity contribution in [2.75, 3.05) is 0 Å². The molecule has 0 saturated carbocycles. The van der Waals surface area contributed by atoms with E-state index in [2.05, 4.69) is 34.8 Å². The summed E-state index contributed by atoms with van der Waals surface area (Å²) in [6.07, 6.45) is 1.65. The number of hydrogen-bond acceptors (Lipinski definition) is 3. The van der Waals surface area contributed by atoms with Gasteiger partial charge in [0.1, 0.15) is 5.76 Å². The van der Waals surface area contributed by atoms with Gasteiger partial charge in [0.15, 0.2) is 5.11 Å². The van der Waals surface area contributed by atoms with Crippen LogP contribution in [0.3, 0.4) is 0 Å². The lowest BCUT2D eigenvalue weighted by Crippen LogP contribution is -2.34. The Hall–Kier alpha value is -2.60. The fourth-order valence-electron chi connectivity index (χ4n) is 2.71. The Morgan fingerprint density at radius 1 is 1.08 bits per heavy atom. The fraction of sp³-hybridized carbons (Fsp3) is 0.263. The van der Waals surface area contributed by atoms with Crippen LogP contribution in [0.2, 0.25) is 0 Å². The van der Waals surface area contributed by atoms with Crippen LogP contribution in [0, 0.1) is 13.8 Å². The first kappa shape index (κ1) is 17.2. The van der Waals surface area contributed by atoms with E-state index in [0.29, 0.717) is 18.2 Å². The molecule has 0 aliphatic carbocycles. The third kappa shape index (κ3) is 4.48. The van der Waals surface area contributed by atoms with Gasteiger partial charge in [0.25, 0.3) is 0 Å². The Kier molecular flexibility index (Phi) is 5.50. The van der Waals surface area contributed by atoms with Crippen LogP contribution in [0.25, 0.3) is 0 Å². The molecule has 0 fully saturated rings. The Morgan fingerprint density at radius 2 is 1.84 bits per heavy atom. The fourth-order valence-corrected chi connectivity index (χ4v) is 2.86. The molecule has 2 aromatic heterocycles. The molecule has 0 aliphatic heterocycles. The maximum Gasteiger partial charge on any atom is 0.166 e. The molecule has 2 N–H and O–H groups in total. The van der Waals surface area contributed by atoms with Crippen LogP contribution >= 0.6 is 12.2 Å². The van der Waals surface area contributed by atoms with Crippen molar-refractivity contribution < 1.29 is 4.42 Å². The highest BCUT2D eigenvalue weighted by Gasteiger charge is 2.12. The van der Waals surface area contributed by atoms with E-state index in [0.717, 1.165) is 23.7 Å². The number of furan rings is 1. The molecule has 2 heterocycles. The van der Waals surface area contributed by atoms with Crippen LogP contribution in [0.5, 0.6) is 0 Å². The lowest BCUT2D eigenvalue weighted by Gasteiger charge is -2.10. The van der Waals surface area contributed by atoms with E-state index in [1.54, 1.807) is 6.26 Å². The molecule has 0 saturated heterocycles. The Bertz CT molecular complexity index is 825. The summed E-state index contributed by atoms with van der Waals surface area (Å²) in [4.78, 5) is 0. The molecule has 25 heavy (non-hydrogen) atoms. The summed E-state index contributed by atoms with van der Waals surface area (Å²) in [7, 11) is 0. The molecule has 3 rings (SSSR count). The number of nitrogens with one attached hydrogen (secondary N) is 2. The van der Waals surface area contributed by atoms with E-state index in [4.69, 9.17) is 16.6 Å². The molecular formula is C19H22N4OS. The van der Waals surface area contributed by atoms with Gasteiger partial charge in [-0.25, -0.2) is 0 Å². The van der Waals surface area contributed by atoms with Gasteiger partial charge >= 0.3 is 0 Å². The van der Waals surface area contributed by atoms with Crippen molar-refractivity contribution in [3.05, 3.63) is 77.0 Å². The first-order valence-electron chi connectivity index (χ1n) is 8.24. The van der Waals surface area contributed by atoms with Gasteiger partial charge < -0.3 is 15.1 Å². The molecule has 130 valence electrons. The summed E-state index contributed by atoms with van der Waals surface area (Å²) in [5.74, 6) is 0.854. The minimum Gasteiger partial charge on any atom is -0.467 e. The molecule has 0 aliphatic rings. The predicted octanol–water partition coefficient (Wildman–Crippen LogP) is 3.31. The van der Waals surface area contributed by atoms with Crippen LogP contribution in [-0.2, 0) is 19.6 Å². The normalized spacial score (nSPS) is 10.6. The van der Waals surface area contributed by atoms with Crippen molar-refractivity contribution in [2.45, 2.75) is 33.5 Å². The van der Waals surface area contributed by atoms with Crippen LogP contribution in [0.15, 0.2) is 53.1 Å². The van der Waals surface area contributed by atoms with Crippen molar-refractivity contribution in [2.24, 2.45) is 0 Å². The van der Waals surface area contributed by atoms with Crippen molar-refractivity contribution in [3.63, 3.8) is 0 Å². The topological polar surface area (TPSA) is 55.0 Å². The van der Waals surface area contributed by atoms with E-state index in [-0.39, 0.29) is 0 Å². The van der Waals surface area contributed by atoms with E-state index >= 15 is 0 Å². The van der Waals surface area contributed by atoms with Crippen molar-refractivity contribution >= 4 is 17.3 Å². The first-order valence-corrected chi connectivity index (χ1v) is 8.65. The van der Waals surface area contributed by atoms with E-state index < -0.39 is 0 Å². The zero-order valence-corrected chi connectivity index (χ0v) is 15.3.